The molecule has 1 N–H and O–H groups in total. The Labute approximate surface area is 186 Å². The summed E-state index contributed by atoms with van der Waals surface area (Å²) in [6.45, 7) is 2.42. The average Bonchev–Trinajstić information content (AvgIpc) is 2.96. The zero-order chi connectivity index (χ0) is 22.7. The van der Waals surface area contributed by atoms with Gasteiger partial charge in [-0.2, -0.15) is 0 Å². The van der Waals surface area contributed by atoms with Gasteiger partial charge in [-0.1, -0.05) is 12.1 Å². The van der Waals surface area contributed by atoms with Crippen molar-refractivity contribution in [2.24, 2.45) is 0 Å². The van der Waals surface area contributed by atoms with E-state index >= 15 is 0 Å². The summed E-state index contributed by atoms with van der Waals surface area (Å²) >= 11 is 0. The van der Waals surface area contributed by atoms with E-state index in [1.54, 1.807) is 32.2 Å². The first-order chi connectivity index (χ1) is 15.4. The van der Waals surface area contributed by atoms with Crippen LogP contribution in [0.15, 0.2) is 42.5 Å². The minimum absolute atomic E-state index is 0.331. The van der Waals surface area contributed by atoms with Gasteiger partial charge in [0.2, 0.25) is 0 Å². The first-order valence-electron chi connectivity index (χ1n) is 10.6. The van der Waals surface area contributed by atoms with Crippen molar-refractivity contribution in [1.29, 1.82) is 0 Å². The van der Waals surface area contributed by atoms with Crippen molar-refractivity contribution >= 4 is 17.7 Å². The molecule has 32 heavy (non-hydrogen) atoms. The topological polar surface area (TPSA) is 94.2 Å². The number of Topliss-reactive ketones (excluding diaryl/α,β-unsaturated/α-hetero) is 1. The van der Waals surface area contributed by atoms with Crippen LogP contribution in [0.3, 0.4) is 0 Å². The molecular formula is C24H26N2O6. The Morgan fingerprint density at radius 3 is 2.53 bits per heavy atom. The number of methoxy groups -OCH3 is 1. The molecule has 0 aliphatic carbocycles. The van der Waals surface area contributed by atoms with Gasteiger partial charge in [-0.15, -0.1) is 0 Å². The van der Waals surface area contributed by atoms with Crippen LogP contribution >= 0.6 is 0 Å². The lowest BCUT2D eigenvalue weighted by Crippen LogP contribution is -2.44. The maximum atomic E-state index is 13.0. The molecule has 1 fully saturated rings. The van der Waals surface area contributed by atoms with Gasteiger partial charge in [0.15, 0.2) is 17.3 Å². The summed E-state index contributed by atoms with van der Waals surface area (Å²) in [5.74, 6) is 1.09. The fraction of sp³-hybridized carbons (Fsp3) is 0.375. The smallest absolute Gasteiger partial charge is 0.325 e. The lowest BCUT2D eigenvalue weighted by molar-refractivity contribution is -0.130. The molecule has 2 aliphatic heterocycles. The van der Waals surface area contributed by atoms with E-state index in [-0.39, 0.29) is 12.3 Å². The second kappa shape index (κ2) is 8.90. The Bertz CT molecular complexity index is 1040. The van der Waals surface area contributed by atoms with Gasteiger partial charge in [-0.05, 0) is 55.7 Å². The number of hydrogen-bond acceptors (Lipinski definition) is 6. The van der Waals surface area contributed by atoms with Crippen LogP contribution in [0.5, 0.6) is 17.2 Å². The van der Waals surface area contributed by atoms with Crippen LogP contribution in [0.4, 0.5) is 4.79 Å². The fourth-order valence-corrected chi connectivity index (χ4v) is 3.82. The van der Waals surface area contributed by atoms with Crippen LogP contribution < -0.4 is 19.5 Å². The highest BCUT2D eigenvalue weighted by atomic mass is 16.5. The molecular weight excluding hydrogens is 412 g/mol. The first-order valence-corrected chi connectivity index (χ1v) is 10.6. The number of hydrogen-bond donors (Lipinski definition) is 1. The van der Waals surface area contributed by atoms with Crippen molar-refractivity contribution in [2.75, 3.05) is 26.9 Å². The summed E-state index contributed by atoms with van der Waals surface area (Å²) in [7, 11) is 1.60. The number of carbonyl (C=O) groups is 3. The number of amides is 3. The van der Waals surface area contributed by atoms with E-state index in [0.717, 1.165) is 22.6 Å². The number of fused-ring (bicyclic) bond motifs is 1. The van der Waals surface area contributed by atoms with Gasteiger partial charge in [-0.25, -0.2) is 4.79 Å². The summed E-state index contributed by atoms with van der Waals surface area (Å²) in [5.41, 5.74) is 0.319. The maximum absolute atomic E-state index is 13.0. The third-order valence-corrected chi connectivity index (χ3v) is 5.79. The highest BCUT2D eigenvalue weighted by Gasteiger charge is 2.47. The normalized spacial score (nSPS) is 20.0. The molecule has 2 aromatic carbocycles. The minimum Gasteiger partial charge on any atom is -0.497 e. The number of imide groups is 1. The molecule has 0 saturated carbocycles. The van der Waals surface area contributed by atoms with Crippen molar-refractivity contribution in [3.63, 3.8) is 0 Å². The molecule has 3 amide bonds. The minimum atomic E-state index is -1.07. The van der Waals surface area contributed by atoms with Gasteiger partial charge in [0, 0.05) is 12.0 Å². The number of ketones is 1. The summed E-state index contributed by atoms with van der Waals surface area (Å²) in [6.07, 6.45) is 1.77. The van der Waals surface area contributed by atoms with E-state index < -0.39 is 17.5 Å². The Morgan fingerprint density at radius 1 is 1.09 bits per heavy atom. The molecule has 0 unspecified atom stereocenters. The van der Waals surface area contributed by atoms with Crippen molar-refractivity contribution < 1.29 is 28.6 Å². The Balaban J connectivity index is 1.42. The van der Waals surface area contributed by atoms with E-state index in [1.807, 2.05) is 24.3 Å². The zero-order valence-corrected chi connectivity index (χ0v) is 18.2. The molecule has 2 heterocycles. The van der Waals surface area contributed by atoms with E-state index in [9.17, 15) is 14.4 Å². The second-order valence-electron chi connectivity index (χ2n) is 8.14. The van der Waals surface area contributed by atoms with Crippen LogP contribution in [0.25, 0.3) is 0 Å². The molecule has 1 saturated heterocycles. The number of aryl methyl sites for hydroxylation is 1. The standard InChI is InChI=1S/C24H26N2O6/c1-24(11-10-16-4-7-18(30-2)8-5-16)22(28)26(23(29)25-24)15-19(27)17-6-9-20-21(14-17)32-13-3-12-31-20/h4-9,14H,3,10-13,15H2,1-2H3,(H,25,29)/t24-/m0/s1. The number of benzene rings is 2. The highest BCUT2D eigenvalue weighted by Crippen LogP contribution is 2.31. The largest absolute Gasteiger partial charge is 0.497 e. The lowest BCUT2D eigenvalue weighted by atomic mass is 9.93. The number of rotatable bonds is 7. The number of nitrogens with zero attached hydrogens (tertiary/aromatic N) is 1. The van der Waals surface area contributed by atoms with Crippen LogP contribution in [0, 0.1) is 0 Å². The van der Waals surface area contributed by atoms with Gasteiger partial charge in [0.05, 0.1) is 26.9 Å². The maximum Gasteiger partial charge on any atom is 0.325 e. The lowest BCUT2D eigenvalue weighted by Gasteiger charge is -2.21. The summed E-state index contributed by atoms with van der Waals surface area (Å²) in [6, 6.07) is 11.9. The Kier molecular flexibility index (Phi) is 6.03. The van der Waals surface area contributed by atoms with Crippen LogP contribution in [0.1, 0.15) is 35.7 Å². The second-order valence-corrected chi connectivity index (χ2v) is 8.14. The fourth-order valence-electron chi connectivity index (χ4n) is 3.82. The van der Waals surface area contributed by atoms with Crippen molar-refractivity contribution in [3.05, 3.63) is 53.6 Å². The number of nitrogens with one attached hydrogen (secondary N) is 1. The molecule has 0 bridgehead atoms. The predicted molar refractivity (Wildman–Crippen MR) is 116 cm³/mol. The van der Waals surface area contributed by atoms with Crippen molar-refractivity contribution in [3.8, 4) is 17.2 Å². The van der Waals surface area contributed by atoms with Crippen LogP contribution in [-0.2, 0) is 11.2 Å². The highest BCUT2D eigenvalue weighted by molar-refractivity contribution is 6.11. The van der Waals surface area contributed by atoms with E-state index in [4.69, 9.17) is 14.2 Å². The van der Waals surface area contributed by atoms with E-state index in [1.165, 1.54) is 0 Å². The van der Waals surface area contributed by atoms with E-state index in [0.29, 0.717) is 43.1 Å². The summed E-state index contributed by atoms with van der Waals surface area (Å²) in [5, 5.41) is 2.75. The number of urea groups is 1. The molecule has 0 spiro atoms. The molecule has 2 aromatic rings. The molecule has 2 aliphatic rings. The van der Waals surface area contributed by atoms with Crippen LogP contribution in [-0.4, -0.2) is 55.0 Å². The van der Waals surface area contributed by atoms with E-state index in [2.05, 4.69) is 5.32 Å². The van der Waals surface area contributed by atoms with Crippen LogP contribution in [0.2, 0.25) is 0 Å². The first kappa shape index (κ1) is 21.7. The summed E-state index contributed by atoms with van der Waals surface area (Å²) in [4.78, 5) is 39.4. The third-order valence-electron chi connectivity index (χ3n) is 5.79. The van der Waals surface area contributed by atoms with Gasteiger partial charge < -0.3 is 19.5 Å². The molecule has 4 rings (SSSR count). The molecule has 0 radical (unpaired) electrons. The van der Waals surface area contributed by atoms with Gasteiger partial charge in [0.1, 0.15) is 11.3 Å². The molecule has 168 valence electrons. The quantitative estimate of drug-likeness (QED) is 0.528. The zero-order valence-electron chi connectivity index (χ0n) is 18.2. The predicted octanol–water partition coefficient (Wildman–Crippen LogP) is 2.98. The Hall–Kier alpha value is -3.55. The molecule has 8 heteroatoms. The molecule has 1 atom stereocenters. The SMILES string of the molecule is COc1ccc(CC[C@]2(C)NC(=O)N(CC(=O)c3ccc4c(c3)OCCCO4)C2=O)cc1. The third kappa shape index (κ3) is 4.39. The Morgan fingerprint density at radius 2 is 1.81 bits per heavy atom. The average molecular weight is 438 g/mol. The number of ether oxygens (including phenoxy) is 3. The van der Waals surface area contributed by atoms with Gasteiger partial charge >= 0.3 is 6.03 Å². The molecule has 8 nitrogen and oxygen atoms in total. The number of carbonyl (C=O) groups excluding carboxylic acids is 3. The summed E-state index contributed by atoms with van der Waals surface area (Å²) < 4.78 is 16.4. The van der Waals surface area contributed by atoms with Crippen molar-refractivity contribution in [1.82, 2.24) is 10.2 Å². The molecule has 0 aromatic heterocycles. The van der Waals surface area contributed by atoms with Gasteiger partial charge in [-0.3, -0.25) is 14.5 Å². The van der Waals surface area contributed by atoms with Crippen molar-refractivity contribution in [2.45, 2.75) is 31.7 Å². The van der Waals surface area contributed by atoms with Gasteiger partial charge in [0.25, 0.3) is 5.91 Å². The monoisotopic (exact) mass is 438 g/mol.